The number of likely N-dealkylation sites (N-methyl/N-ethyl adjacent to an activating group) is 1. The molecular weight excluding hydrogens is 448 g/mol. The summed E-state index contributed by atoms with van der Waals surface area (Å²) in [6.45, 7) is 4.11. The fraction of sp³-hybridized carbons (Fsp3) is 0.231. The fourth-order valence-electron chi connectivity index (χ4n) is 4.69. The molecule has 0 radical (unpaired) electrons. The van der Waals surface area contributed by atoms with Crippen LogP contribution < -0.4 is 10.2 Å². The Bertz CT molecular complexity index is 1500. The Morgan fingerprint density at radius 2 is 1.49 bits per heavy atom. The lowest BCUT2D eigenvalue weighted by Gasteiger charge is -2.34. The molecule has 0 aliphatic carbocycles. The van der Waals surface area contributed by atoms with Crippen LogP contribution in [0.3, 0.4) is 0 Å². The second kappa shape index (κ2) is 8.66. The van der Waals surface area contributed by atoms with Crippen LogP contribution >= 0.6 is 0 Å². The number of H-pyrrole nitrogens is 2. The lowest BCUT2D eigenvalue weighted by molar-refractivity contribution is 0.313. The number of nitrogens with zero attached hydrogens (tertiary/aromatic N) is 4. The maximum atomic E-state index is 13.6. The van der Waals surface area contributed by atoms with Crippen molar-refractivity contribution < 1.29 is 8.78 Å². The minimum atomic E-state index is -0.576. The number of piperazine rings is 1. The molecule has 35 heavy (non-hydrogen) atoms. The molecule has 2 aromatic heterocycles. The first kappa shape index (κ1) is 21.5. The third-order valence-electron chi connectivity index (χ3n) is 6.61. The standard InChI is InChI=1S/C26H25F2N7/c1-34-6-8-35(9-7-34)20-3-4-21-24(15-20)31-32-25(21)29-26-22-13-16(2-5-23(22)30-33-26)10-17-11-18(27)14-19(28)12-17/h2-5,11-15H,6-10H2,1H3,(H3,29,30,31,32,33). The number of anilines is 3. The average molecular weight is 474 g/mol. The Morgan fingerprint density at radius 1 is 0.771 bits per heavy atom. The number of aromatic nitrogens is 4. The van der Waals surface area contributed by atoms with Crippen LogP contribution in [-0.4, -0.2) is 58.5 Å². The first-order valence-corrected chi connectivity index (χ1v) is 11.6. The zero-order valence-corrected chi connectivity index (χ0v) is 19.3. The summed E-state index contributed by atoms with van der Waals surface area (Å²) in [6, 6.07) is 15.8. The molecule has 6 rings (SSSR count). The summed E-state index contributed by atoms with van der Waals surface area (Å²) in [6.07, 6.45) is 0.412. The maximum Gasteiger partial charge on any atom is 0.161 e. The van der Waals surface area contributed by atoms with Gasteiger partial charge >= 0.3 is 0 Å². The zero-order chi connectivity index (χ0) is 23.9. The molecule has 1 aliphatic heterocycles. The number of halogens is 2. The van der Waals surface area contributed by atoms with Gasteiger partial charge in [-0.1, -0.05) is 6.07 Å². The molecule has 0 saturated carbocycles. The number of fused-ring (bicyclic) bond motifs is 2. The lowest BCUT2D eigenvalue weighted by Crippen LogP contribution is -2.44. The van der Waals surface area contributed by atoms with Crippen LogP contribution in [-0.2, 0) is 6.42 Å². The van der Waals surface area contributed by atoms with Crippen LogP contribution in [0.2, 0.25) is 0 Å². The van der Waals surface area contributed by atoms with Crippen LogP contribution in [0.4, 0.5) is 26.1 Å². The predicted molar refractivity (Wildman–Crippen MR) is 134 cm³/mol. The summed E-state index contributed by atoms with van der Waals surface area (Å²) in [5, 5.41) is 20.3. The van der Waals surface area contributed by atoms with Gasteiger partial charge in [0.1, 0.15) is 11.6 Å². The highest BCUT2D eigenvalue weighted by atomic mass is 19.1. The molecular formula is C26H25F2N7. The molecule has 3 heterocycles. The molecule has 3 aromatic carbocycles. The van der Waals surface area contributed by atoms with Crippen molar-refractivity contribution in [1.29, 1.82) is 0 Å². The summed E-state index contributed by atoms with van der Waals surface area (Å²) in [4.78, 5) is 4.73. The van der Waals surface area contributed by atoms with Crippen molar-refractivity contribution >= 4 is 39.1 Å². The van der Waals surface area contributed by atoms with Gasteiger partial charge in [-0.15, -0.1) is 0 Å². The van der Waals surface area contributed by atoms with E-state index in [2.05, 4.69) is 60.8 Å². The van der Waals surface area contributed by atoms with E-state index < -0.39 is 11.6 Å². The van der Waals surface area contributed by atoms with Crippen LogP contribution in [0, 0.1) is 11.6 Å². The van der Waals surface area contributed by atoms with Crippen LogP contribution in [0.15, 0.2) is 54.6 Å². The second-order valence-electron chi connectivity index (χ2n) is 9.12. The van der Waals surface area contributed by atoms with E-state index in [1.165, 1.54) is 17.8 Å². The third kappa shape index (κ3) is 4.30. The van der Waals surface area contributed by atoms with E-state index in [0.29, 0.717) is 23.6 Å². The number of nitrogens with one attached hydrogen (secondary N) is 3. The molecule has 178 valence electrons. The number of benzene rings is 3. The van der Waals surface area contributed by atoms with E-state index in [9.17, 15) is 8.78 Å². The predicted octanol–water partition coefficient (Wildman–Crippen LogP) is 4.80. The van der Waals surface area contributed by atoms with E-state index in [-0.39, 0.29) is 0 Å². The van der Waals surface area contributed by atoms with Gasteiger partial charge in [-0.3, -0.25) is 10.2 Å². The molecule has 1 aliphatic rings. The summed E-state index contributed by atoms with van der Waals surface area (Å²) < 4.78 is 27.2. The minimum Gasteiger partial charge on any atom is -0.369 e. The van der Waals surface area contributed by atoms with E-state index >= 15 is 0 Å². The smallest absolute Gasteiger partial charge is 0.161 e. The molecule has 0 amide bonds. The molecule has 9 heteroatoms. The van der Waals surface area contributed by atoms with E-state index in [1.807, 2.05) is 18.2 Å². The molecule has 0 bridgehead atoms. The Hall–Kier alpha value is -3.98. The lowest BCUT2D eigenvalue weighted by atomic mass is 10.0. The van der Waals surface area contributed by atoms with Crippen molar-refractivity contribution in [1.82, 2.24) is 25.3 Å². The molecule has 0 unspecified atom stereocenters. The molecule has 7 nitrogen and oxygen atoms in total. The number of hydrogen-bond acceptors (Lipinski definition) is 5. The highest BCUT2D eigenvalue weighted by Gasteiger charge is 2.16. The normalized spacial score (nSPS) is 14.8. The summed E-state index contributed by atoms with van der Waals surface area (Å²) in [5.41, 5.74) is 4.51. The van der Waals surface area contributed by atoms with Gasteiger partial charge in [0.25, 0.3) is 0 Å². The largest absolute Gasteiger partial charge is 0.369 e. The number of rotatable bonds is 5. The van der Waals surface area contributed by atoms with Crippen LogP contribution in [0.1, 0.15) is 11.1 Å². The van der Waals surface area contributed by atoms with Crippen molar-refractivity contribution in [2.24, 2.45) is 0 Å². The Morgan fingerprint density at radius 3 is 2.26 bits per heavy atom. The van der Waals surface area contributed by atoms with E-state index in [4.69, 9.17) is 0 Å². The Balaban J connectivity index is 1.26. The summed E-state index contributed by atoms with van der Waals surface area (Å²) in [7, 11) is 2.15. The van der Waals surface area contributed by atoms with Gasteiger partial charge in [-0.2, -0.15) is 10.2 Å². The SMILES string of the molecule is CN1CCN(c2ccc3c(Nc4n[nH]c5ccc(Cc6cc(F)cc(F)c6)cc45)n[nH]c3c2)CC1. The second-order valence-corrected chi connectivity index (χ2v) is 9.12. The van der Waals surface area contributed by atoms with Crippen molar-refractivity contribution in [3.8, 4) is 0 Å². The third-order valence-corrected chi connectivity index (χ3v) is 6.61. The van der Waals surface area contributed by atoms with Gasteiger partial charge in [0.2, 0.25) is 0 Å². The van der Waals surface area contributed by atoms with Crippen molar-refractivity contribution in [2.75, 3.05) is 43.4 Å². The summed E-state index contributed by atoms with van der Waals surface area (Å²) >= 11 is 0. The highest BCUT2D eigenvalue weighted by molar-refractivity contribution is 5.97. The first-order valence-electron chi connectivity index (χ1n) is 11.6. The van der Waals surface area contributed by atoms with E-state index in [1.54, 1.807) is 0 Å². The monoisotopic (exact) mass is 473 g/mol. The Kier molecular flexibility index (Phi) is 5.33. The van der Waals surface area contributed by atoms with Gasteiger partial charge in [0.05, 0.1) is 11.0 Å². The first-order chi connectivity index (χ1) is 17.0. The van der Waals surface area contributed by atoms with Gasteiger partial charge in [0.15, 0.2) is 11.6 Å². The minimum absolute atomic E-state index is 0.412. The quantitative estimate of drug-likeness (QED) is 0.342. The van der Waals surface area contributed by atoms with E-state index in [0.717, 1.165) is 59.6 Å². The van der Waals surface area contributed by atoms with Gasteiger partial charge in [-0.05, 0) is 67.1 Å². The molecule has 0 spiro atoms. The van der Waals surface area contributed by atoms with Gasteiger partial charge in [0, 0.05) is 48.7 Å². The maximum absolute atomic E-state index is 13.6. The Labute approximate surface area is 200 Å². The van der Waals surface area contributed by atoms with Crippen LogP contribution in [0.25, 0.3) is 21.8 Å². The number of hydrogen-bond donors (Lipinski definition) is 3. The summed E-state index contributed by atoms with van der Waals surface area (Å²) in [5.74, 6) is 0.181. The van der Waals surface area contributed by atoms with Crippen LogP contribution in [0.5, 0.6) is 0 Å². The number of aromatic amines is 2. The van der Waals surface area contributed by atoms with Crippen molar-refractivity contribution in [3.05, 3.63) is 77.4 Å². The molecule has 3 N–H and O–H groups in total. The molecule has 1 fully saturated rings. The highest BCUT2D eigenvalue weighted by Crippen LogP contribution is 2.30. The zero-order valence-electron chi connectivity index (χ0n) is 19.3. The van der Waals surface area contributed by atoms with Crippen molar-refractivity contribution in [3.63, 3.8) is 0 Å². The molecule has 1 saturated heterocycles. The van der Waals surface area contributed by atoms with Gasteiger partial charge in [-0.25, -0.2) is 8.78 Å². The molecule has 5 aromatic rings. The fourth-order valence-corrected chi connectivity index (χ4v) is 4.69. The van der Waals surface area contributed by atoms with Crippen molar-refractivity contribution in [2.45, 2.75) is 6.42 Å². The van der Waals surface area contributed by atoms with Gasteiger partial charge < -0.3 is 15.1 Å². The topological polar surface area (TPSA) is 75.9 Å². The average Bonchev–Trinajstić information content (AvgIpc) is 3.43. The molecule has 0 atom stereocenters.